The van der Waals surface area contributed by atoms with Gasteiger partial charge in [0.2, 0.25) is 5.89 Å². The highest BCUT2D eigenvalue weighted by Gasteiger charge is 2.20. The third-order valence-corrected chi connectivity index (χ3v) is 5.81. The number of anilines is 1. The number of hydrogen-bond acceptors (Lipinski definition) is 6. The average molecular weight is 488 g/mol. The lowest BCUT2D eigenvalue weighted by Crippen LogP contribution is -2.11. The summed E-state index contributed by atoms with van der Waals surface area (Å²) in [6.07, 6.45) is 0. The van der Waals surface area contributed by atoms with Gasteiger partial charge in [0.05, 0.1) is 21.2 Å². The van der Waals surface area contributed by atoms with Crippen LogP contribution in [-0.4, -0.2) is 15.8 Å². The van der Waals surface area contributed by atoms with Crippen molar-refractivity contribution in [3.05, 3.63) is 98.8 Å². The Balaban J connectivity index is 1.43. The molecule has 5 rings (SSSR count). The van der Waals surface area contributed by atoms with Crippen LogP contribution in [0.15, 0.2) is 75.6 Å². The second-order valence-corrected chi connectivity index (χ2v) is 8.44. The van der Waals surface area contributed by atoms with Crippen LogP contribution in [0.3, 0.4) is 0 Å². The standard InChI is InChI=1S/C26H18ClN3O5/c1-14-11-15(2)24-20(12-14)29-26(35-24)16-7-8-18(27)19(13-16)28-25(31)23-10-9-22(34-23)17-5-3-4-6-21(17)30(32)33/h3-13H,1-2H3,(H,28,31). The van der Waals surface area contributed by atoms with E-state index in [1.807, 2.05) is 26.0 Å². The molecule has 0 saturated carbocycles. The highest BCUT2D eigenvalue weighted by molar-refractivity contribution is 6.34. The Morgan fingerprint density at radius 2 is 1.83 bits per heavy atom. The average Bonchev–Trinajstić information content (AvgIpc) is 3.48. The number of para-hydroxylation sites is 1. The minimum absolute atomic E-state index is 0.0208. The summed E-state index contributed by atoms with van der Waals surface area (Å²) in [6.45, 7) is 3.95. The molecule has 1 N–H and O–H groups in total. The van der Waals surface area contributed by atoms with Crippen molar-refractivity contribution in [1.29, 1.82) is 0 Å². The van der Waals surface area contributed by atoms with Gasteiger partial charge in [-0.25, -0.2) is 4.98 Å². The van der Waals surface area contributed by atoms with Gasteiger partial charge in [0.15, 0.2) is 11.3 Å². The van der Waals surface area contributed by atoms with Crippen molar-refractivity contribution in [1.82, 2.24) is 4.98 Å². The van der Waals surface area contributed by atoms with E-state index in [2.05, 4.69) is 10.3 Å². The highest BCUT2D eigenvalue weighted by atomic mass is 35.5. The second kappa shape index (κ2) is 8.73. The van der Waals surface area contributed by atoms with Crippen LogP contribution in [0.2, 0.25) is 5.02 Å². The van der Waals surface area contributed by atoms with Gasteiger partial charge >= 0.3 is 0 Å². The lowest BCUT2D eigenvalue weighted by molar-refractivity contribution is -0.384. The summed E-state index contributed by atoms with van der Waals surface area (Å²) in [5, 5.41) is 14.4. The van der Waals surface area contributed by atoms with Gasteiger partial charge in [-0.3, -0.25) is 14.9 Å². The first-order chi connectivity index (χ1) is 16.8. The number of halogens is 1. The number of aryl methyl sites for hydroxylation is 2. The zero-order chi connectivity index (χ0) is 24.7. The highest BCUT2D eigenvalue weighted by Crippen LogP contribution is 2.33. The maximum absolute atomic E-state index is 12.9. The maximum atomic E-state index is 12.9. The van der Waals surface area contributed by atoms with Gasteiger partial charge < -0.3 is 14.2 Å². The zero-order valence-corrected chi connectivity index (χ0v) is 19.4. The quantitative estimate of drug-likeness (QED) is 0.207. The Bertz CT molecular complexity index is 1620. The van der Waals surface area contributed by atoms with Gasteiger partial charge in [0.25, 0.3) is 11.6 Å². The van der Waals surface area contributed by atoms with Crippen LogP contribution in [0, 0.1) is 24.0 Å². The lowest BCUT2D eigenvalue weighted by Gasteiger charge is -2.07. The predicted octanol–water partition coefficient (Wildman–Crippen LogP) is 7.19. The number of nitro benzene ring substituents is 1. The van der Waals surface area contributed by atoms with Crippen molar-refractivity contribution in [2.24, 2.45) is 0 Å². The molecular weight excluding hydrogens is 470 g/mol. The molecule has 35 heavy (non-hydrogen) atoms. The van der Waals surface area contributed by atoms with Gasteiger partial charge in [0, 0.05) is 11.6 Å². The van der Waals surface area contributed by atoms with Gasteiger partial charge in [-0.05, 0) is 67.4 Å². The molecule has 0 spiro atoms. The molecule has 0 saturated heterocycles. The van der Waals surface area contributed by atoms with Crippen molar-refractivity contribution in [3.63, 3.8) is 0 Å². The number of furan rings is 1. The summed E-state index contributed by atoms with van der Waals surface area (Å²) < 4.78 is 11.6. The second-order valence-electron chi connectivity index (χ2n) is 8.04. The summed E-state index contributed by atoms with van der Waals surface area (Å²) in [7, 11) is 0. The number of carbonyl (C=O) groups is 1. The SMILES string of the molecule is Cc1cc(C)c2oc(-c3ccc(Cl)c(NC(=O)c4ccc(-c5ccccc5[N+](=O)[O-])o4)c3)nc2c1. The number of rotatable bonds is 5. The molecule has 0 radical (unpaired) electrons. The Morgan fingerprint density at radius 1 is 1.03 bits per heavy atom. The Labute approximate surface area is 204 Å². The van der Waals surface area contributed by atoms with E-state index in [0.29, 0.717) is 27.7 Å². The third-order valence-electron chi connectivity index (χ3n) is 5.48. The number of aromatic nitrogens is 1. The Hall–Kier alpha value is -4.43. The number of hydrogen-bond donors (Lipinski definition) is 1. The number of nitro groups is 1. The molecule has 0 bridgehead atoms. The predicted molar refractivity (Wildman–Crippen MR) is 133 cm³/mol. The van der Waals surface area contributed by atoms with E-state index in [1.165, 1.54) is 18.2 Å². The summed E-state index contributed by atoms with van der Waals surface area (Å²) in [4.78, 5) is 28.3. The molecule has 0 fully saturated rings. The van der Waals surface area contributed by atoms with E-state index in [-0.39, 0.29) is 22.8 Å². The van der Waals surface area contributed by atoms with Crippen LogP contribution in [0.25, 0.3) is 33.9 Å². The molecule has 8 nitrogen and oxygen atoms in total. The number of benzene rings is 3. The summed E-state index contributed by atoms with van der Waals surface area (Å²) in [6, 6.07) is 18.1. The first-order valence-corrected chi connectivity index (χ1v) is 11.0. The van der Waals surface area contributed by atoms with Crippen LogP contribution in [0.5, 0.6) is 0 Å². The van der Waals surface area contributed by atoms with Gasteiger partial charge in [-0.1, -0.05) is 29.8 Å². The van der Waals surface area contributed by atoms with Gasteiger partial charge in [-0.2, -0.15) is 0 Å². The molecule has 0 atom stereocenters. The van der Waals surface area contributed by atoms with Crippen molar-refractivity contribution < 1.29 is 18.6 Å². The smallest absolute Gasteiger partial charge is 0.291 e. The number of nitrogens with zero attached hydrogens (tertiary/aromatic N) is 2. The first kappa shape index (κ1) is 22.4. The summed E-state index contributed by atoms with van der Waals surface area (Å²) in [5.74, 6) is 0.0301. The van der Waals surface area contributed by atoms with Crippen LogP contribution in [0.4, 0.5) is 11.4 Å². The molecule has 0 aliphatic heterocycles. The lowest BCUT2D eigenvalue weighted by atomic mass is 10.1. The molecular formula is C26H18ClN3O5. The number of amides is 1. The molecule has 0 aliphatic carbocycles. The van der Waals surface area contributed by atoms with Crippen LogP contribution < -0.4 is 5.32 Å². The molecule has 0 aliphatic rings. The fourth-order valence-electron chi connectivity index (χ4n) is 3.88. The van der Waals surface area contributed by atoms with E-state index in [1.54, 1.807) is 36.4 Å². The van der Waals surface area contributed by atoms with E-state index >= 15 is 0 Å². The van der Waals surface area contributed by atoms with Crippen LogP contribution >= 0.6 is 11.6 Å². The minimum Gasteiger partial charge on any atom is -0.451 e. The number of carbonyl (C=O) groups excluding carboxylic acids is 1. The van der Waals surface area contributed by atoms with Crippen LogP contribution in [0.1, 0.15) is 21.7 Å². The van der Waals surface area contributed by atoms with Crippen molar-refractivity contribution in [3.8, 4) is 22.8 Å². The molecule has 0 unspecified atom stereocenters. The molecule has 2 heterocycles. The maximum Gasteiger partial charge on any atom is 0.291 e. The van der Waals surface area contributed by atoms with E-state index in [9.17, 15) is 14.9 Å². The molecule has 9 heteroatoms. The van der Waals surface area contributed by atoms with Crippen LogP contribution in [-0.2, 0) is 0 Å². The molecule has 5 aromatic rings. The van der Waals surface area contributed by atoms with Crippen molar-refractivity contribution in [2.45, 2.75) is 13.8 Å². The van der Waals surface area contributed by atoms with E-state index in [4.69, 9.17) is 20.4 Å². The zero-order valence-electron chi connectivity index (χ0n) is 18.7. The van der Waals surface area contributed by atoms with Gasteiger partial charge in [0.1, 0.15) is 11.3 Å². The molecule has 3 aromatic carbocycles. The Morgan fingerprint density at radius 3 is 2.63 bits per heavy atom. The number of nitrogens with one attached hydrogen (secondary N) is 1. The molecule has 2 aromatic heterocycles. The summed E-state index contributed by atoms with van der Waals surface area (Å²) in [5.41, 5.74) is 4.64. The first-order valence-electron chi connectivity index (χ1n) is 10.6. The molecule has 174 valence electrons. The topological polar surface area (TPSA) is 111 Å². The minimum atomic E-state index is -0.557. The monoisotopic (exact) mass is 487 g/mol. The van der Waals surface area contributed by atoms with E-state index < -0.39 is 10.8 Å². The fraction of sp³-hybridized carbons (Fsp3) is 0.0769. The van der Waals surface area contributed by atoms with Gasteiger partial charge in [-0.15, -0.1) is 0 Å². The normalized spacial score (nSPS) is 11.1. The van der Waals surface area contributed by atoms with Crippen molar-refractivity contribution in [2.75, 3.05) is 5.32 Å². The van der Waals surface area contributed by atoms with Crippen molar-refractivity contribution >= 4 is 40.0 Å². The number of oxazole rings is 1. The summed E-state index contributed by atoms with van der Waals surface area (Å²) >= 11 is 6.33. The largest absolute Gasteiger partial charge is 0.451 e. The van der Waals surface area contributed by atoms with E-state index in [0.717, 1.165) is 16.6 Å². The molecule has 1 amide bonds. The Kier molecular flexibility index (Phi) is 5.58. The third kappa shape index (κ3) is 4.27. The fourth-order valence-corrected chi connectivity index (χ4v) is 4.05. The number of fused-ring (bicyclic) bond motifs is 1.